The molecule has 1 N–H and O–H groups in total. The van der Waals surface area contributed by atoms with Gasteiger partial charge in [0.15, 0.2) is 0 Å². The quantitative estimate of drug-likeness (QED) is 0.887. The number of rotatable bonds is 3. The molecule has 0 amide bonds. The maximum Gasteiger partial charge on any atom is 0.0352 e. The lowest BCUT2D eigenvalue weighted by Gasteiger charge is -2.32. The van der Waals surface area contributed by atoms with Crippen LogP contribution in [0.25, 0.3) is 0 Å². The van der Waals surface area contributed by atoms with Gasteiger partial charge >= 0.3 is 0 Å². The highest BCUT2D eigenvalue weighted by Crippen LogP contribution is 2.34. The molecule has 2 heteroatoms. The van der Waals surface area contributed by atoms with Crippen molar-refractivity contribution in [2.75, 3.05) is 6.54 Å². The lowest BCUT2D eigenvalue weighted by molar-refractivity contribution is 0.355. The van der Waals surface area contributed by atoms with Gasteiger partial charge in [0.25, 0.3) is 0 Å². The molecule has 0 saturated carbocycles. The number of aryl methyl sites for hydroxylation is 1. The number of hydrogen-bond donors (Lipinski definition) is 1. The molecule has 0 radical (unpaired) electrons. The van der Waals surface area contributed by atoms with Crippen molar-refractivity contribution in [1.29, 1.82) is 0 Å². The van der Waals surface area contributed by atoms with Crippen molar-refractivity contribution < 1.29 is 0 Å². The molecule has 16 heavy (non-hydrogen) atoms. The predicted molar refractivity (Wildman–Crippen MR) is 72.7 cm³/mol. The van der Waals surface area contributed by atoms with Gasteiger partial charge in [-0.15, -0.1) is 0 Å². The summed E-state index contributed by atoms with van der Waals surface area (Å²) >= 11 is 3.40. The fraction of sp³-hybridized carbons (Fsp3) is 0.429. The Morgan fingerprint density at radius 3 is 3.00 bits per heavy atom. The Hall–Kier alpha value is -0.600. The molecule has 0 bridgehead atoms. The number of nitrogens with one attached hydrogen (secondary N) is 1. The van der Waals surface area contributed by atoms with Crippen LogP contribution in [0.4, 0.5) is 0 Å². The van der Waals surface area contributed by atoms with Crippen LogP contribution in [0.1, 0.15) is 30.5 Å². The van der Waals surface area contributed by atoms with Crippen molar-refractivity contribution >= 4 is 15.9 Å². The van der Waals surface area contributed by atoms with Crippen LogP contribution < -0.4 is 5.32 Å². The molecule has 1 aromatic rings. The molecule has 1 nitrogen and oxygen atoms in total. The summed E-state index contributed by atoms with van der Waals surface area (Å²) in [5.41, 5.74) is 2.97. The minimum absolute atomic E-state index is 0.472. The molecule has 0 heterocycles. The molecule has 1 aliphatic carbocycles. The van der Waals surface area contributed by atoms with E-state index in [0.29, 0.717) is 12.0 Å². The van der Waals surface area contributed by atoms with Gasteiger partial charge in [0.2, 0.25) is 0 Å². The standard InChI is InChI=1S/C14H18BrN/c1-10-7-8-12-5-3-4-6-13(12)14(10)16-9-11(2)15/h3-6,10,14,16H,2,7-9H2,1H3. The van der Waals surface area contributed by atoms with E-state index < -0.39 is 0 Å². The summed E-state index contributed by atoms with van der Waals surface area (Å²) in [5.74, 6) is 0.696. The van der Waals surface area contributed by atoms with Gasteiger partial charge in [0.1, 0.15) is 0 Å². The molecular formula is C14H18BrN. The summed E-state index contributed by atoms with van der Waals surface area (Å²) in [6.07, 6.45) is 2.48. The normalized spacial score (nSPS) is 23.9. The molecule has 2 atom stereocenters. The first-order chi connectivity index (χ1) is 7.68. The van der Waals surface area contributed by atoms with E-state index in [-0.39, 0.29) is 0 Å². The van der Waals surface area contributed by atoms with Crippen LogP contribution in [-0.2, 0) is 6.42 Å². The fourth-order valence-corrected chi connectivity index (χ4v) is 2.62. The Morgan fingerprint density at radius 2 is 2.25 bits per heavy atom. The third kappa shape index (κ3) is 2.55. The van der Waals surface area contributed by atoms with Gasteiger partial charge in [-0.3, -0.25) is 0 Å². The van der Waals surface area contributed by atoms with Crippen LogP contribution in [0.15, 0.2) is 35.3 Å². The highest BCUT2D eigenvalue weighted by atomic mass is 79.9. The highest BCUT2D eigenvalue weighted by Gasteiger charge is 2.25. The van der Waals surface area contributed by atoms with Crippen molar-refractivity contribution in [2.24, 2.45) is 5.92 Å². The first kappa shape index (κ1) is 11.9. The Balaban J connectivity index is 2.19. The molecule has 0 aromatic heterocycles. The minimum Gasteiger partial charge on any atom is -0.305 e. The first-order valence-electron chi connectivity index (χ1n) is 5.83. The third-order valence-corrected chi connectivity index (χ3v) is 3.62. The summed E-state index contributed by atoms with van der Waals surface area (Å²) in [5, 5.41) is 3.58. The van der Waals surface area contributed by atoms with E-state index in [1.165, 1.54) is 24.0 Å². The average molecular weight is 280 g/mol. The lowest BCUT2D eigenvalue weighted by atomic mass is 9.81. The Morgan fingerprint density at radius 1 is 1.50 bits per heavy atom. The van der Waals surface area contributed by atoms with E-state index >= 15 is 0 Å². The van der Waals surface area contributed by atoms with Crippen LogP contribution in [0.2, 0.25) is 0 Å². The molecule has 2 rings (SSSR count). The maximum absolute atomic E-state index is 3.87. The molecule has 0 saturated heterocycles. The van der Waals surface area contributed by atoms with Crippen LogP contribution in [0.5, 0.6) is 0 Å². The summed E-state index contributed by atoms with van der Waals surface area (Å²) < 4.78 is 1.02. The largest absolute Gasteiger partial charge is 0.305 e. The summed E-state index contributed by atoms with van der Waals surface area (Å²) in [7, 11) is 0. The minimum atomic E-state index is 0.472. The van der Waals surface area contributed by atoms with Crippen molar-refractivity contribution in [1.82, 2.24) is 5.32 Å². The first-order valence-corrected chi connectivity index (χ1v) is 6.62. The van der Waals surface area contributed by atoms with Gasteiger partial charge in [0, 0.05) is 17.1 Å². The van der Waals surface area contributed by atoms with Crippen molar-refractivity contribution in [3.63, 3.8) is 0 Å². The zero-order valence-corrected chi connectivity index (χ0v) is 11.3. The van der Waals surface area contributed by atoms with Crippen LogP contribution in [-0.4, -0.2) is 6.54 Å². The zero-order valence-electron chi connectivity index (χ0n) is 9.67. The van der Waals surface area contributed by atoms with E-state index in [2.05, 4.69) is 59.0 Å². The monoisotopic (exact) mass is 279 g/mol. The summed E-state index contributed by atoms with van der Waals surface area (Å²) in [6, 6.07) is 9.24. The molecule has 2 unspecified atom stereocenters. The number of hydrogen-bond acceptors (Lipinski definition) is 1. The van der Waals surface area contributed by atoms with Crippen LogP contribution in [0.3, 0.4) is 0 Å². The second-order valence-electron chi connectivity index (χ2n) is 4.59. The Kier molecular flexibility index (Phi) is 3.82. The predicted octanol–water partition coefficient (Wildman–Crippen LogP) is 3.81. The Labute approximate surface area is 106 Å². The van der Waals surface area contributed by atoms with Gasteiger partial charge in [-0.1, -0.05) is 53.7 Å². The van der Waals surface area contributed by atoms with Gasteiger partial charge in [-0.2, -0.15) is 0 Å². The lowest BCUT2D eigenvalue weighted by Crippen LogP contribution is -2.31. The van der Waals surface area contributed by atoms with Crippen molar-refractivity contribution in [2.45, 2.75) is 25.8 Å². The molecule has 0 aliphatic heterocycles. The average Bonchev–Trinajstić information content (AvgIpc) is 2.27. The molecule has 0 fully saturated rings. The highest BCUT2D eigenvalue weighted by molar-refractivity contribution is 9.11. The topological polar surface area (TPSA) is 12.0 Å². The van der Waals surface area contributed by atoms with Crippen molar-refractivity contribution in [3.8, 4) is 0 Å². The van der Waals surface area contributed by atoms with Gasteiger partial charge in [0.05, 0.1) is 0 Å². The second kappa shape index (κ2) is 5.15. The van der Waals surface area contributed by atoms with E-state index in [4.69, 9.17) is 0 Å². The molecule has 1 aliphatic rings. The van der Waals surface area contributed by atoms with Crippen LogP contribution >= 0.6 is 15.9 Å². The number of halogens is 1. The summed E-state index contributed by atoms with van der Waals surface area (Å²) in [6.45, 7) is 7.04. The second-order valence-corrected chi connectivity index (χ2v) is 5.71. The Bertz CT molecular complexity index is 386. The van der Waals surface area contributed by atoms with E-state index in [1.807, 2.05) is 0 Å². The van der Waals surface area contributed by atoms with Gasteiger partial charge in [-0.05, 0) is 29.9 Å². The number of benzene rings is 1. The smallest absolute Gasteiger partial charge is 0.0352 e. The SMILES string of the molecule is C=C(Br)CNC1c2ccccc2CCC1C. The van der Waals surface area contributed by atoms with Gasteiger partial charge < -0.3 is 5.32 Å². The molecule has 1 aromatic carbocycles. The zero-order chi connectivity index (χ0) is 11.5. The van der Waals surface area contributed by atoms with Crippen molar-refractivity contribution in [3.05, 3.63) is 46.5 Å². The molecule has 86 valence electrons. The third-order valence-electron chi connectivity index (χ3n) is 3.34. The van der Waals surface area contributed by atoms with Crippen LogP contribution in [0, 0.1) is 5.92 Å². The molecular weight excluding hydrogens is 262 g/mol. The van der Waals surface area contributed by atoms with E-state index in [1.54, 1.807) is 0 Å². The fourth-order valence-electron chi connectivity index (χ4n) is 2.45. The number of fused-ring (bicyclic) bond motifs is 1. The molecule has 0 spiro atoms. The van der Waals surface area contributed by atoms with Gasteiger partial charge in [-0.25, -0.2) is 0 Å². The van der Waals surface area contributed by atoms with E-state index in [0.717, 1.165) is 11.0 Å². The maximum atomic E-state index is 3.87. The summed E-state index contributed by atoms with van der Waals surface area (Å²) in [4.78, 5) is 0. The van der Waals surface area contributed by atoms with E-state index in [9.17, 15) is 0 Å².